The van der Waals surface area contributed by atoms with E-state index in [-0.39, 0.29) is 17.4 Å². The molecule has 162 valence electrons. The van der Waals surface area contributed by atoms with Gasteiger partial charge in [0.2, 0.25) is 0 Å². The maximum Gasteiger partial charge on any atom is 0.264 e. The van der Waals surface area contributed by atoms with E-state index in [1.807, 2.05) is 30.3 Å². The van der Waals surface area contributed by atoms with Crippen LogP contribution in [-0.4, -0.2) is 39.6 Å². The van der Waals surface area contributed by atoms with Gasteiger partial charge < -0.3 is 14.8 Å². The molecule has 0 unspecified atom stereocenters. The Morgan fingerprint density at radius 3 is 2.06 bits per heavy atom. The number of ether oxygens (including phenoxy) is 2. The molecule has 9 heteroatoms. The van der Waals surface area contributed by atoms with Gasteiger partial charge in [0.05, 0.1) is 12.0 Å². The van der Waals surface area contributed by atoms with Crippen molar-refractivity contribution < 1.29 is 27.5 Å². The molecule has 0 saturated carbocycles. The normalized spacial score (nSPS) is 11.2. The lowest BCUT2D eigenvalue weighted by atomic mass is 10.3. The summed E-state index contributed by atoms with van der Waals surface area (Å²) in [5.74, 6) is 1.51. The lowest BCUT2D eigenvalue weighted by Gasteiger charge is -2.14. The molecule has 3 rings (SSSR count). The van der Waals surface area contributed by atoms with Crippen LogP contribution in [0.2, 0.25) is 0 Å². The van der Waals surface area contributed by atoms with E-state index in [4.69, 9.17) is 14.3 Å². The fourth-order valence-electron chi connectivity index (χ4n) is 2.53. The second kappa shape index (κ2) is 10.1. The Hall–Kier alpha value is -3.40. The zero-order chi connectivity index (χ0) is 22.3. The molecular formula is C22H22N2O6S. The minimum atomic E-state index is -3.74. The zero-order valence-electron chi connectivity index (χ0n) is 17.0. The summed E-state index contributed by atoms with van der Waals surface area (Å²) in [5, 5.41) is 2.65. The fourth-order valence-corrected chi connectivity index (χ4v) is 3.50. The lowest BCUT2D eigenvalue weighted by Crippen LogP contribution is -2.25. The van der Waals surface area contributed by atoms with Gasteiger partial charge in [-0.15, -0.1) is 0 Å². The summed E-state index contributed by atoms with van der Waals surface area (Å²) in [6, 6.07) is 22.0. The minimum Gasteiger partial charge on any atom is -0.484 e. The maximum absolute atomic E-state index is 12.2. The summed E-state index contributed by atoms with van der Waals surface area (Å²) in [6.45, 7) is -0.203. The van der Waals surface area contributed by atoms with Crippen molar-refractivity contribution in [1.29, 1.82) is 0 Å². The quantitative estimate of drug-likeness (QED) is 0.508. The molecule has 0 saturated heterocycles. The largest absolute Gasteiger partial charge is 0.484 e. The predicted molar refractivity (Wildman–Crippen MR) is 115 cm³/mol. The van der Waals surface area contributed by atoms with Crippen LogP contribution in [0, 0.1) is 0 Å². The first-order valence-corrected chi connectivity index (χ1v) is 10.7. The Balaban J connectivity index is 1.51. The Kier molecular flexibility index (Phi) is 7.24. The first-order chi connectivity index (χ1) is 14.9. The number of carbonyl (C=O) groups excluding carboxylic acids is 1. The molecule has 3 aromatic rings. The van der Waals surface area contributed by atoms with E-state index in [0.717, 1.165) is 10.2 Å². The van der Waals surface area contributed by atoms with Gasteiger partial charge in [0.15, 0.2) is 6.61 Å². The number of amides is 1. The Bertz CT molecular complexity index is 1100. The van der Waals surface area contributed by atoms with E-state index in [1.165, 1.54) is 38.4 Å². The van der Waals surface area contributed by atoms with Gasteiger partial charge in [-0.05, 0) is 60.7 Å². The minimum absolute atomic E-state index is 0.0453. The van der Waals surface area contributed by atoms with Gasteiger partial charge in [-0.25, -0.2) is 8.42 Å². The number of hydrogen-bond donors (Lipinski definition) is 1. The second-order valence-electron chi connectivity index (χ2n) is 6.35. The van der Waals surface area contributed by atoms with Crippen molar-refractivity contribution in [2.75, 3.05) is 26.1 Å². The van der Waals surface area contributed by atoms with Gasteiger partial charge in [-0.3, -0.25) is 9.63 Å². The monoisotopic (exact) mass is 442 g/mol. The molecule has 0 aliphatic carbocycles. The molecule has 0 radical (unpaired) electrons. The molecule has 0 spiro atoms. The van der Waals surface area contributed by atoms with E-state index < -0.39 is 10.0 Å². The predicted octanol–water partition coefficient (Wildman–Crippen LogP) is 3.68. The maximum atomic E-state index is 12.2. The van der Waals surface area contributed by atoms with Crippen LogP contribution in [0.5, 0.6) is 17.2 Å². The van der Waals surface area contributed by atoms with Gasteiger partial charge >= 0.3 is 0 Å². The number of para-hydroxylation sites is 1. The molecule has 0 aliphatic rings. The average Bonchev–Trinajstić information content (AvgIpc) is 2.79. The first kappa shape index (κ1) is 22.3. The molecule has 1 amide bonds. The number of rotatable bonds is 9. The van der Waals surface area contributed by atoms with Crippen molar-refractivity contribution in [3.8, 4) is 17.2 Å². The topological polar surface area (TPSA) is 94.2 Å². The highest BCUT2D eigenvalue weighted by molar-refractivity contribution is 7.89. The van der Waals surface area contributed by atoms with Crippen molar-refractivity contribution in [2.24, 2.45) is 0 Å². The number of hydrogen-bond acceptors (Lipinski definition) is 6. The summed E-state index contributed by atoms with van der Waals surface area (Å²) in [4.78, 5) is 16.9. The Labute approximate surface area is 181 Å². The summed E-state index contributed by atoms with van der Waals surface area (Å²) < 4.78 is 36.3. The van der Waals surface area contributed by atoms with Gasteiger partial charge in [-0.2, -0.15) is 0 Å². The highest BCUT2D eigenvalue weighted by Crippen LogP contribution is 2.23. The Morgan fingerprint density at radius 1 is 0.871 bits per heavy atom. The van der Waals surface area contributed by atoms with Gasteiger partial charge in [0.25, 0.3) is 15.9 Å². The summed E-state index contributed by atoms with van der Waals surface area (Å²) in [7, 11) is -1.19. The van der Waals surface area contributed by atoms with Gasteiger partial charge in [0.1, 0.15) is 17.2 Å². The fraction of sp³-hybridized carbons (Fsp3) is 0.136. The Morgan fingerprint density at radius 2 is 1.45 bits per heavy atom. The smallest absolute Gasteiger partial charge is 0.264 e. The SMILES string of the molecule is CON(C)S(=O)(=O)c1ccc(NC(=O)COc2ccc(Oc3ccccc3)cc2)cc1. The van der Waals surface area contributed by atoms with Crippen LogP contribution in [-0.2, 0) is 19.7 Å². The number of nitrogens with zero attached hydrogens (tertiary/aromatic N) is 1. The van der Waals surface area contributed by atoms with Crippen molar-refractivity contribution in [3.63, 3.8) is 0 Å². The number of hydroxylamine groups is 1. The second-order valence-corrected chi connectivity index (χ2v) is 8.28. The number of sulfonamides is 1. The highest BCUT2D eigenvalue weighted by atomic mass is 32.2. The van der Waals surface area contributed by atoms with E-state index in [9.17, 15) is 13.2 Å². The molecule has 8 nitrogen and oxygen atoms in total. The first-order valence-electron chi connectivity index (χ1n) is 9.27. The van der Waals surface area contributed by atoms with Gasteiger partial charge in [-0.1, -0.05) is 22.7 Å². The van der Waals surface area contributed by atoms with E-state index >= 15 is 0 Å². The number of nitrogens with one attached hydrogen (secondary N) is 1. The third-order valence-electron chi connectivity index (χ3n) is 4.20. The van der Waals surface area contributed by atoms with Crippen molar-refractivity contribution in [2.45, 2.75) is 4.90 Å². The van der Waals surface area contributed by atoms with Crippen LogP contribution in [0.4, 0.5) is 5.69 Å². The van der Waals surface area contributed by atoms with Crippen LogP contribution in [0.3, 0.4) is 0 Å². The molecule has 0 atom stereocenters. The van der Waals surface area contributed by atoms with Crippen LogP contribution in [0.15, 0.2) is 83.8 Å². The summed E-state index contributed by atoms with van der Waals surface area (Å²) in [6.07, 6.45) is 0. The number of benzene rings is 3. The standard InChI is InChI=1S/C22H22N2O6S/c1-24(28-2)31(26,27)21-14-8-17(9-15-21)23-22(25)16-29-18-10-12-20(13-11-18)30-19-6-4-3-5-7-19/h3-15H,16H2,1-2H3,(H,23,25). The van der Waals surface area contributed by atoms with Crippen molar-refractivity contribution >= 4 is 21.6 Å². The highest BCUT2D eigenvalue weighted by Gasteiger charge is 2.20. The van der Waals surface area contributed by atoms with Crippen LogP contribution >= 0.6 is 0 Å². The number of carbonyl (C=O) groups is 1. The summed E-state index contributed by atoms with van der Waals surface area (Å²) >= 11 is 0. The number of anilines is 1. The van der Waals surface area contributed by atoms with E-state index in [0.29, 0.717) is 17.2 Å². The average molecular weight is 442 g/mol. The van der Waals surface area contributed by atoms with Gasteiger partial charge in [0, 0.05) is 12.7 Å². The van der Waals surface area contributed by atoms with E-state index in [2.05, 4.69) is 5.32 Å². The molecule has 0 aliphatic heterocycles. The molecule has 31 heavy (non-hydrogen) atoms. The van der Waals surface area contributed by atoms with Crippen molar-refractivity contribution in [1.82, 2.24) is 4.47 Å². The zero-order valence-corrected chi connectivity index (χ0v) is 17.8. The molecule has 1 N–H and O–H groups in total. The van der Waals surface area contributed by atoms with E-state index in [1.54, 1.807) is 24.3 Å². The molecular weight excluding hydrogens is 420 g/mol. The molecule has 0 fully saturated rings. The summed E-state index contributed by atoms with van der Waals surface area (Å²) in [5.41, 5.74) is 0.444. The van der Waals surface area contributed by atoms with Crippen LogP contribution in [0.25, 0.3) is 0 Å². The third-order valence-corrected chi connectivity index (χ3v) is 5.90. The molecule has 0 bridgehead atoms. The van der Waals surface area contributed by atoms with Crippen LogP contribution < -0.4 is 14.8 Å². The van der Waals surface area contributed by atoms with Crippen LogP contribution in [0.1, 0.15) is 0 Å². The molecule has 0 aromatic heterocycles. The van der Waals surface area contributed by atoms with Crippen molar-refractivity contribution in [3.05, 3.63) is 78.9 Å². The molecule has 3 aromatic carbocycles. The molecule has 0 heterocycles. The lowest BCUT2D eigenvalue weighted by molar-refractivity contribution is -0.118. The third kappa shape index (κ3) is 6.05.